The Kier molecular flexibility index (Phi) is 5.58. The molecule has 1 aromatic heterocycles. The minimum absolute atomic E-state index is 0.121. The summed E-state index contributed by atoms with van der Waals surface area (Å²) in [4.78, 5) is 15.5. The quantitative estimate of drug-likeness (QED) is 0.588. The third-order valence-corrected chi connectivity index (χ3v) is 5.56. The molecule has 1 atom stereocenters. The van der Waals surface area contributed by atoms with Gasteiger partial charge in [-0.1, -0.05) is 49.4 Å². The smallest absolute Gasteiger partial charge is 0.337 e. The van der Waals surface area contributed by atoms with Gasteiger partial charge in [0.25, 0.3) is 0 Å². The van der Waals surface area contributed by atoms with Crippen molar-refractivity contribution in [3.8, 4) is 11.1 Å². The number of fused-ring (bicyclic) bond motifs is 1. The number of pyridine rings is 1. The summed E-state index contributed by atoms with van der Waals surface area (Å²) in [5.41, 5.74) is 7.32. The summed E-state index contributed by atoms with van der Waals surface area (Å²) in [6, 6.07) is 16.9. The lowest BCUT2D eigenvalue weighted by Crippen LogP contribution is -2.34. The first-order valence-corrected chi connectivity index (χ1v) is 10.0. The fraction of sp³-hybridized carbons (Fsp3) is 0.250. The van der Waals surface area contributed by atoms with Crippen LogP contribution in [-0.2, 0) is 12.8 Å². The number of hydrogen-bond donors (Lipinski definition) is 3. The van der Waals surface area contributed by atoms with Crippen molar-refractivity contribution in [2.24, 2.45) is 0 Å². The van der Waals surface area contributed by atoms with Crippen LogP contribution in [0.2, 0.25) is 0 Å². The molecule has 0 fully saturated rings. The van der Waals surface area contributed by atoms with E-state index in [0.717, 1.165) is 19.4 Å². The third-order valence-electron chi connectivity index (χ3n) is 5.56. The molecule has 1 aliphatic heterocycles. The third kappa shape index (κ3) is 4.00. The Morgan fingerprint density at radius 2 is 2.10 bits per heavy atom. The van der Waals surface area contributed by atoms with Gasteiger partial charge in [-0.15, -0.1) is 0 Å². The zero-order chi connectivity index (χ0) is 20.2. The van der Waals surface area contributed by atoms with Crippen LogP contribution in [0, 0.1) is 0 Å². The molecule has 4 rings (SSSR count). The van der Waals surface area contributed by atoms with Crippen LogP contribution in [0.5, 0.6) is 0 Å². The van der Waals surface area contributed by atoms with E-state index in [9.17, 15) is 9.90 Å². The number of carboxylic acids is 1. The number of hydrogen-bond acceptors (Lipinski definition) is 4. The highest BCUT2D eigenvalue weighted by Crippen LogP contribution is 2.31. The van der Waals surface area contributed by atoms with Crippen molar-refractivity contribution >= 4 is 11.7 Å². The molecule has 0 spiro atoms. The molecule has 0 unspecified atom stereocenters. The zero-order valence-corrected chi connectivity index (χ0v) is 16.5. The van der Waals surface area contributed by atoms with E-state index in [1.165, 1.54) is 40.1 Å². The molecule has 0 radical (unpaired) electrons. The van der Waals surface area contributed by atoms with E-state index in [1.54, 1.807) is 6.20 Å². The fourth-order valence-corrected chi connectivity index (χ4v) is 4.05. The first-order valence-electron chi connectivity index (χ1n) is 10.0. The molecule has 5 heteroatoms. The molecule has 2 heterocycles. The van der Waals surface area contributed by atoms with Crippen molar-refractivity contribution < 1.29 is 9.90 Å². The van der Waals surface area contributed by atoms with Gasteiger partial charge in [0.1, 0.15) is 0 Å². The van der Waals surface area contributed by atoms with E-state index in [0.29, 0.717) is 12.2 Å². The summed E-state index contributed by atoms with van der Waals surface area (Å²) in [5.74, 6) is -0.953. The topological polar surface area (TPSA) is 74.2 Å². The van der Waals surface area contributed by atoms with Gasteiger partial charge in [-0.05, 0) is 53.3 Å². The summed E-state index contributed by atoms with van der Waals surface area (Å²) in [5, 5.41) is 16.2. The Bertz CT molecular complexity index is 1030. The Morgan fingerprint density at radius 1 is 1.24 bits per heavy atom. The molecule has 3 N–H and O–H groups in total. The van der Waals surface area contributed by atoms with Crippen LogP contribution in [-0.4, -0.2) is 29.1 Å². The lowest BCUT2D eigenvalue weighted by molar-refractivity contribution is 0.0697. The largest absolute Gasteiger partial charge is 0.478 e. The van der Waals surface area contributed by atoms with Crippen molar-refractivity contribution in [2.75, 3.05) is 18.4 Å². The van der Waals surface area contributed by atoms with Crippen molar-refractivity contribution in [2.45, 2.75) is 25.8 Å². The van der Waals surface area contributed by atoms with Crippen molar-refractivity contribution in [1.29, 1.82) is 0 Å². The Hall–Kier alpha value is -3.18. The molecule has 0 saturated carbocycles. The number of benzene rings is 2. The summed E-state index contributed by atoms with van der Waals surface area (Å²) < 4.78 is 0. The molecule has 3 aromatic rings. The number of carbonyl (C=O) groups is 1. The fourth-order valence-electron chi connectivity index (χ4n) is 4.05. The Balaban J connectivity index is 1.57. The first kappa shape index (κ1) is 19.2. The van der Waals surface area contributed by atoms with Gasteiger partial charge in [0, 0.05) is 18.8 Å². The minimum atomic E-state index is -0.953. The van der Waals surface area contributed by atoms with Crippen molar-refractivity contribution in [1.82, 2.24) is 10.3 Å². The maximum absolute atomic E-state index is 11.4. The summed E-state index contributed by atoms with van der Waals surface area (Å²) in [7, 11) is 0. The van der Waals surface area contributed by atoms with E-state index in [1.807, 2.05) is 0 Å². The molecule has 0 aliphatic carbocycles. The van der Waals surface area contributed by atoms with Gasteiger partial charge < -0.3 is 15.7 Å². The van der Waals surface area contributed by atoms with Crippen LogP contribution in [0.25, 0.3) is 11.1 Å². The molecule has 0 bridgehead atoms. The van der Waals surface area contributed by atoms with Crippen LogP contribution in [0.4, 0.5) is 5.69 Å². The molecular weight excluding hydrogens is 362 g/mol. The van der Waals surface area contributed by atoms with Crippen LogP contribution in [0.15, 0.2) is 60.9 Å². The van der Waals surface area contributed by atoms with Crippen LogP contribution >= 0.6 is 0 Å². The van der Waals surface area contributed by atoms with Crippen molar-refractivity contribution in [3.05, 3.63) is 83.2 Å². The number of aryl methyl sites for hydroxylation is 1. The van der Waals surface area contributed by atoms with Gasteiger partial charge in [0.15, 0.2) is 0 Å². The Labute approximate surface area is 170 Å². The highest BCUT2D eigenvalue weighted by atomic mass is 16.4. The molecule has 0 saturated heterocycles. The second-order valence-corrected chi connectivity index (χ2v) is 7.29. The average Bonchev–Trinajstić information content (AvgIpc) is 2.77. The molecule has 1 aliphatic rings. The van der Waals surface area contributed by atoms with Gasteiger partial charge >= 0.3 is 5.97 Å². The Morgan fingerprint density at radius 3 is 2.93 bits per heavy atom. The summed E-state index contributed by atoms with van der Waals surface area (Å²) in [6.07, 6.45) is 5.07. The van der Waals surface area contributed by atoms with E-state index >= 15 is 0 Å². The number of nitrogens with zero attached hydrogens (tertiary/aromatic N) is 1. The van der Waals surface area contributed by atoms with Gasteiger partial charge in [-0.3, -0.25) is 4.98 Å². The molecule has 5 nitrogen and oxygen atoms in total. The number of nitrogens with one attached hydrogen (secondary N) is 2. The lowest BCUT2D eigenvalue weighted by atomic mass is 9.89. The SMILES string of the molecule is CCc1ccccc1-c1ccc2c(c1)CCN[C@@H]2CNc1cnccc1C(=O)O. The highest BCUT2D eigenvalue weighted by molar-refractivity contribution is 5.93. The summed E-state index contributed by atoms with van der Waals surface area (Å²) in [6.45, 7) is 3.69. The molecule has 2 aromatic carbocycles. The lowest BCUT2D eigenvalue weighted by Gasteiger charge is -2.28. The normalized spacial score (nSPS) is 15.6. The predicted octanol–water partition coefficient (Wildman–Crippen LogP) is 4.31. The van der Waals surface area contributed by atoms with Gasteiger partial charge in [0.05, 0.1) is 17.4 Å². The maximum Gasteiger partial charge on any atom is 0.337 e. The summed E-state index contributed by atoms with van der Waals surface area (Å²) >= 11 is 0. The van der Waals surface area contributed by atoms with Crippen molar-refractivity contribution in [3.63, 3.8) is 0 Å². The number of aromatic nitrogens is 1. The van der Waals surface area contributed by atoms with E-state index in [4.69, 9.17) is 0 Å². The molecule has 0 amide bonds. The number of anilines is 1. The van der Waals surface area contributed by atoms with Gasteiger partial charge in [0.2, 0.25) is 0 Å². The minimum Gasteiger partial charge on any atom is -0.478 e. The first-order chi connectivity index (χ1) is 14.2. The average molecular weight is 387 g/mol. The monoisotopic (exact) mass is 387 g/mol. The predicted molar refractivity (Wildman–Crippen MR) is 115 cm³/mol. The molecular formula is C24H25N3O2. The number of rotatable bonds is 6. The van der Waals surface area contributed by atoms with Gasteiger partial charge in [-0.25, -0.2) is 4.79 Å². The maximum atomic E-state index is 11.4. The van der Waals surface area contributed by atoms with E-state index in [2.05, 4.69) is 65.0 Å². The zero-order valence-electron chi connectivity index (χ0n) is 16.5. The van der Waals surface area contributed by atoms with E-state index < -0.39 is 5.97 Å². The van der Waals surface area contributed by atoms with E-state index in [-0.39, 0.29) is 11.6 Å². The number of carboxylic acid groups (broad SMARTS) is 1. The van der Waals surface area contributed by atoms with Crippen LogP contribution < -0.4 is 10.6 Å². The molecule has 29 heavy (non-hydrogen) atoms. The highest BCUT2D eigenvalue weighted by Gasteiger charge is 2.21. The van der Waals surface area contributed by atoms with Crippen LogP contribution in [0.3, 0.4) is 0 Å². The standard InChI is InChI=1S/C24H25N3O2/c1-2-16-5-3-4-6-19(16)17-7-8-20-18(13-17)9-12-26-23(20)15-27-22-14-25-11-10-21(22)24(28)29/h3-8,10-11,13-14,23,26-27H,2,9,12,15H2,1H3,(H,28,29)/t23-/m1/s1. The second kappa shape index (κ2) is 8.45. The van der Waals surface area contributed by atoms with Gasteiger partial charge in [-0.2, -0.15) is 0 Å². The second-order valence-electron chi connectivity index (χ2n) is 7.29. The molecule has 148 valence electrons. The van der Waals surface area contributed by atoms with Crippen LogP contribution in [0.1, 0.15) is 40.0 Å². The number of aromatic carboxylic acids is 1.